The van der Waals surface area contributed by atoms with Crippen molar-refractivity contribution in [3.63, 3.8) is 0 Å². The fourth-order valence-electron chi connectivity index (χ4n) is 1.21. The third-order valence-electron chi connectivity index (χ3n) is 1.75. The van der Waals surface area contributed by atoms with Crippen molar-refractivity contribution in [2.75, 3.05) is 0 Å². The Morgan fingerprint density at radius 1 is 1.33 bits per heavy atom. The smallest absolute Gasteiger partial charge is 0.170 e. The number of benzene rings is 1. The van der Waals surface area contributed by atoms with Crippen LogP contribution in [0.1, 0.15) is 5.56 Å². The predicted molar refractivity (Wildman–Crippen MR) is 45.7 cm³/mol. The van der Waals surface area contributed by atoms with E-state index in [0.717, 1.165) is 0 Å². The molecule has 3 nitrogen and oxygen atoms in total. The number of hydrogen-bond acceptors (Lipinski definition) is 3. The van der Waals surface area contributed by atoms with E-state index in [1.54, 1.807) is 12.1 Å². The number of ether oxygens (including phenoxy) is 1. The van der Waals surface area contributed by atoms with E-state index in [1.807, 2.05) is 12.1 Å². The lowest BCUT2D eigenvalue weighted by Crippen LogP contribution is -2.27. The van der Waals surface area contributed by atoms with Gasteiger partial charge in [0.25, 0.3) is 0 Å². The second kappa shape index (κ2) is 2.53. The summed E-state index contributed by atoms with van der Waals surface area (Å²) in [5, 5.41) is 9.43. The first kappa shape index (κ1) is 7.18. The van der Waals surface area contributed by atoms with Crippen LogP contribution in [0.3, 0.4) is 0 Å². The van der Waals surface area contributed by atoms with Crippen LogP contribution in [0.25, 0.3) is 5.76 Å². The molecule has 1 heterocycles. The molecule has 0 amide bonds. The first-order chi connectivity index (χ1) is 5.77. The second-order valence-electron chi connectivity index (χ2n) is 2.63. The van der Waals surface area contributed by atoms with Crippen molar-refractivity contribution in [1.82, 2.24) is 0 Å². The maximum atomic E-state index is 9.43. The molecule has 3 N–H and O–H groups in total. The Bertz CT molecular complexity index is 333. The van der Waals surface area contributed by atoms with Crippen molar-refractivity contribution in [3.8, 4) is 5.75 Å². The lowest BCUT2D eigenvalue weighted by atomic mass is 10.1. The summed E-state index contributed by atoms with van der Waals surface area (Å²) in [6.07, 6.45) is 0.933. The van der Waals surface area contributed by atoms with E-state index in [9.17, 15) is 5.11 Å². The van der Waals surface area contributed by atoms with E-state index in [0.29, 0.717) is 11.3 Å². The molecule has 1 aromatic carbocycles. The Labute approximate surface area is 70.1 Å². The van der Waals surface area contributed by atoms with Gasteiger partial charge in [-0.25, -0.2) is 0 Å². The van der Waals surface area contributed by atoms with Crippen LogP contribution in [0, 0.1) is 0 Å². The molecule has 0 aromatic heterocycles. The molecular formula is C9H9NO2. The molecule has 3 heteroatoms. The van der Waals surface area contributed by atoms with Crippen molar-refractivity contribution < 1.29 is 9.84 Å². The maximum Gasteiger partial charge on any atom is 0.170 e. The van der Waals surface area contributed by atoms with E-state index in [-0.39, 0.29) is 5.76 Å². The lowest BCUT2D eigenvalue weighted by Gasteiger charge is -2.19. The molecule has 1 aromatic rings. The minimum absolute atomic E-state index is 0.185. The van der Waals surface area contributed by atoms with Crippen molar-refractivity contribution in [2.45, 2.75) is 6.23 Å². The van der Waals surface area contributed by atoms with Crippen molar-refractivity contribution >= 4 is 5.76 Å². The van der Waals surface area contributed by atoms with Crippen molar-refractivity contribution in [3.05, 3.63) is 35.9 Å². The molecule has 62 valence electrons. The maximum absolute atomic E-state index is 9.43. The van der Waals surface area contributed by atoms with Crippen LogP contribution >= 0.6 is 0 Å². The highest BCUT2D eigenvalue weighted by atomic mass is 16.5. The van der Waals surface area contributed by atoms with Crippen LogP contribution in [-0.4, -0.2) is 11.3 Å². The molecule has 0 spiro atoms. The quantitative estimate of drug-likeness (QED) is 0.605. The summed E-state index contributed by atoms with van der Waals surface area (Å²) >= 11 is 0. The average Bonchev–Trinajstić information content (AvgIpc) is 2.04. The van der Waals surface area contributed by atoms with Gasteiger partial charge < -0.3 is 9.84 Å². The average molecular weight is 163 g/mol. The SMILES string of the molecule is NC1C=C(O)c2ccccc2O1. The van der Waals surface area contributed by atoms with Gasteiger partial charge in [-0.1, -0.05) is 12.1 Å². The molecule has 0 bridgehead atoms. The molecule has 0 aliphatic carbocycles. The standard InChI is InChI=1S/C9H9NO2/c10-9-5-7(11)6-3-1-2-4-8(6)12-9/h1-5,9,11H,10H2. The van der Waals surface area contributed by atoms with Gasteiger partial charge in [-0.2, -0.15) is 0 Å². The molecule has 1 aliphatic rings. The van der Waals surface area contributed by atoms with Gasteiger partial charge in [0.15, 0.2) is 6.23 Å². The Hall–Kier alpha value is -1.48. The molecule has 0 saturated heterocycles. The number of aliphatic hydroxyl groups excluding tert-OH is 1. The summed E-state index contributed by atoms with van der Waals surface area (Å²) in [7, 11) is 0. The minimum Gasteiger partial charge on any atom is -0.507 e. The van der Waals surface area contributed by atoms with Crippen LogP contribution in [0.5, 0.6) is 5.75 Å². The summed E-state index contributed by atoms with van der Waals surface area (Å²) in [4.78, 5) is 0. The summed E-state index contributed by atoms with van der Waals surface area (Å²) in [6.45, 7) is 0. The zero-order valence-corrected chi connectivity index (χ0v) is 6.40. The number of fused-ring (bicyclic) bond motifs is 1. The van der Waals surface area contributed by atoms with Gasteiger partial charge in [0.05, 0.1) is 5.56 Å². The molecule has 1 unspecified atom stereocenters. The number of nitrogens with two attached hydrogens (primary N) is 1. The Morgan fingerprint density at radius 3 is 2.92 bits per heavy atom. The van der Waals surface area contributed by atoms with Crippen LogP contribution in [-0.2, 0) is 0 Å². The molecule has 1 atom stereocenters. The highest BCUT2D eigenvalue weighted by Crippen LogP contribution is 2.28. The molecule has 2 rings (SSSR count). The van der Waals surface area contributed by atoms with Crippen LogP contribution in [0.2, 0.25) is 0 Å². The molecule has 0 saturated carbocycles. The van der Waals surface area contributed by atoms with Crippen LogP contribution in [0.15, 0.2) is 30.3 Å². The zero-order valence-electron chi connectivity index (χ0n) is 6.40. The van der Waals surface area contributed by atoms with E-state index in [4.69, 9.17) is 10.5 Å². The van der Waals surface area contributed by atoms with Crippen molar-refractivity contribution in [1.29, 1.82) is 0 Å². The van der Waals surface area contributed by atoms with Gasteiger partial charge >= 0.3 is 0 Å². The predicted octanol–water partition coefficient (Wildman–Crippen LogP) is 1.26. The summed E-state index contributed by atoms with van der Waals surface area (Å²) in [6, 6.07) is 7.23. The summed E-state index contributed by atoms with van der Waals surface area (Å²) in [5.74, 6) is 0.814. The van der Waals surface area contributed by atoms with Crippen molar-refractivity contribution in [2.24, 2.45) is 5.73 Å². The summed E-state index contributed by atoms with van der Waals surface area (Å²) in [5.41, 5.74) is 6.18. The Kier molecular flexibility index (Phi) is 1.52. The largest absolute Gasteiger partial charge is 0.507 e. The number of rotatable bonds is 0. The Morgan fingerprint density at radius 2 is 2.08 bits per heavy atom. The van der Waals surface area contributed by atoms with E-state index in [2.05, 4.69) is 0 Å². The van der Waals surface area contributed by atoms with E-state index in [1.165, 1.54) is 6.08 Å². The van der Waals surface area contributed by atoms with Gasteiger partial charge in [0.1, 0.15) is 11.5 Å². The summed E-state index contributed by atoms with van der Waals surface area (Å²) < 4.78 is 5.24. The molecule has 0 radical (unpaired) electrons. The highest BCUT2D eigenvalue weighted by Gasteiger charge is 2.15. The second-order valence-corrected chi connectivity index (χ2v) is 2.63. The normalized spacial score (nSPS) is 20.8. The topological polar surface area (TPSA) is 55.5 Å². The first-order valence-electron chi connectivity index (χ1n) is 3.70. The monoisotopic (exact) mass is 163 g/mol. The number of para-hydroxylation sites is 1. The molecule has 12 heavy (non-hydrogen) atoms. The highest BCUT2D eigenvalue weighted by molar-refractivity contribution is 5.66. The fourth-order valence-corrected chi connectivity index (χ4v) is 1.21. The number of hydrogen-bond donors (Lipinski definition) is 2. The van der Waals surface area contributed by atoms with Crippen LogP contribution < -0.4 is 10.5 Å². The van der Waals surface area contributed by atoms with Gasteiger partial charge in [0.2, 0.25) is 0 Å². The zero-order chi connectivity index (χ0) is 8.55. The fraction of sp³-hybridized carbons (Fsp3) is 0.111. The van der Waals surface area contributed by atoms with Gasteiger partial charge in [0, 0.05) is 6.08 Å². The first-order valence-corrected chi connectivity index (χ1v) is 3.70. The molecule has 0 fully saturated rings. The minimum atomic E-state index is -0.542. The third-order valence-corrected chi connectivity index (χ3v) is 1.75. The van der Waals surface area contributed by atoms with Gasteiger partial charge in [-0.15, -0.1) is 0 Å². The Balaban J connectivity index is 2.53. The van der Waals surface area contributed by atoms with E-state index >= 15 is 0 Å². The molecule has 1 aliphatic heterocycles. The van der Waals surface area contributed by atoms with Gasteiger partial charge in [-0.05, 0) is 12.1 Å². The van der Waals surface area contributed by atoms with E-state index < -0.39 is 6.23 Å². The van der Waals surface area contributed by atoms with Crippen LogP contribution in [0.4, 0.5) is 0 Å². The lowest BCUT2D eigenvalue weighted by molar-refractivity contribution is 0.246. The number of aliphatic hydroxyl groups is 1. The third kappa shape index (κ3) is 1.04. The van der Waals surface area contributed by atoms with Gasteiger partial charge in [-0.3, -0.25) is 5.73 Å². The molecular weight excluding hydrogens is 154 g/mol.